The third kappa shape index (κ3) is 3.16. The Morgan fingerprint density at radius 1 is 1.45 bits per heavy atom. The number of nitrogens with zero attached hydrogens (tertiary/aromatic N) is 3. The number of amides is 1. The van der Waals surface area contributed by atoms with Crippen LogP contribution in [-0.4, -0.2) is 20.7 Å². The summed E-state index contributed by atoms with van der Waals surface area (Å²) in [5.41, 5.74) is -1.42. The van der Waals surface area contributed by atoms with E-state index in [-0.39, 0.29) is 0 Å². The summed E-state index contributed by atoms with van der Waals surface area (Å²) in [5, 5.41) is 5.63. The zero-order valence-electron chi connectivity index (χ0n) is 10.1. The predicted octanol–water partition coefficient (Wildman–Crippen LogP) is 2.85. The molecule has 0 radical (unpaired) electrons. The van der Waals surface area contributed by atoms with Gasteiger partial charge in [0.25, 0.3) is 5.91 Å². The molecule has 0 bridgehead atoms. The number of pyridine rings is 1. The fourth-order valence-corrected chi connectivity index (χ4v) is 1.91. The first-order valence-electron chi connectivity index (χ1n) is 5.31. The number of aromatic nitrogens is 3. The first kappa shape index (κ1) is 14.5. The van der Waals surface area contributed by atoms with E-state index in [4.69, 9.17) is 0 Å². The molecule has 2 aromatic rings. The maximum Gasteiger partial charge on any atom is 0.435 e. The zero-order valence-corrected chi connectivity index (χ0v) is 11.7. The van der Waals surface area contributed by atoms with Gasteiger partial charge in [0.1, 0.15) is 4.60 Å². The van der Waals surface area contributed by atoms with Crippen molar-refractivity contribution in [2.75, 3.05) is 5.32 Å². The van der Waals surface area contributed by atoms with Crippen LogP contribution in [-0.2, 0) is 13.2 Å². The predicted molar refractivity (Wildman–Crippen MR) is 68.1 cm³/mol. The second-order valence-electron chi connectivity index (χ2n) is 3.88. The van der Waals surface area contributed by atoms with Crippen LogP contribution < -0.4 is 5.32 Å². The molecule has 2 aromatic heterocycles. The van der Waals surface area contributed by atoms with Crippen LogP contribution in [0.25, 0.3) is 0 Å². The zero-order chi connectivity index (χ0) is 14.9. The molecule has 0 fully saturated rings. The van der Waals surface area contributed by atoms with Crippen molar-refractivity contribution in [2.45, 2.75) is 6.18 Å². The number of rotatable bonds is 2. The van der Waals surface area contributed by atoms with Crippen LogP contribution >= 0.6 is 15.9 Å². The molecule has 2 rings (SSSR count). The van der Waals surface area contributed by atoms with Crippen LogP contribution in [0.1, 0.15) is 16.1 Å². The van der Waals surface area contributed by atoms with Crippen molar-refractivity contribution in [3.05, 3.63) is 40.4 Å². The normalized spacial score (nSPS) is 11.4. The summed E-state index contributed by atoms with van der Waals surface area (Å²) in [7, 11) is 1.31. The third-order valence-corrected chi connectivity index (χ3v) is 2.76. The van der Waals surface area contributed by atoms with Gasteiger partial charge in [0.05, 0.1) is 5.56 Å². The molecule has 20 heavy (non-hydrogen) atoms. The monoisotopic (exact) mass is 348 g/mol. The Labute approximate surface area is 119 Å². The molecule has 0 aliphatic heterocycles. The molecule has 1 amide bonds. The molecule has 1 N–H and O–H groups in total. The number of carbonyl (C=O) groups excluding carboxylic acids is 1. The van der Waals surface area contributed by atoms with Gasteiger partial charge in [-0.25, -0.2) is 4.98 Å². The molecule has 106 valence electrons. The molecule has 0 aliphatic rings. The second kappa shape index (κ2) is 5.23. The molecule has 0 saturated carbocycles. The van der Waals surface area contributed by atoms with Crippen molar-refractivity contribution in [2.24, 2.45) is 7.05 Å². The van der Waals surface area contributed by atoms with E-state index >= 15 is 0 Å². The number of nitrogens with one attached hydrogen (secondary N) is 1. The van der Waals surface area contributed by atoms with Gasteiger partial charge in [-0.1, -0.05) is 0 Å². The number of aryl methyl sites for hydroxylation is 1. The largest absolute Gasteiger partial charge is 0.435 e. The van der Waals surface area contributed by atoms with E-state index in [0.717, 1.165) is 10.9 Å². The number of carbonyl (C=O) groups is 1. The fraction of sp³-hybridized carbons (Fsp3) is 0.182. The average Bonchev–Trinajstić information content (AvgIpc) is 2.71. The van der Waals surface area contributed by atoms with E-state index in [0.29, 0.717) is 10.3 Å². The second-order valence-corrected chi connectivity index (χ2v) is 4.70. The van der Waals surface area contributed by atoms with Crippen molar-refractivity contribution in [1.29, 1.82) is 0 Å². The molecule has 0 aliphatic carbocycles. The topological polar surface area (TPSA) is 59.8 Å². The van der Waals surface area contributed by atoms with Crippen LogP contribution in [0, 0.1) is 0 Å². The molecule has 9 heteroatoms. The number of anilines is 1. The van der Waals surface area contributed by atoms with Crippen LogP contribution in [0.15, 0.2) is 29.1 Å². The van der Waals surface area contributed by atoms with E-state index in [1.54, 1.807) is 0 Å². The smallest absolute Gasteiger partial charge is 0.322 e. The van der Waals surface area contributed by atoms with Gasteiger partial charge in [-0.3, -0.25) is 9.48 Å². The molecule has 0 atom stereocenters. The Morgan fingerprint density at radius 2 is 2.15 bits per heavy atom. The summed E-state index contributed by atoms with van der Waals surface area (Å²) in [6, 6.07) is 2.94. The highest BCUT2D eigenvalue weighted by Gasteiger charge is 2.38. The van der Waals surface area contributed by atoms with Gasteiger partial charge < -0.3 is 5.32 Å². The van der Waals surface area contributed by atoms with Gasteiger partial charge in [-0.15, -0.1) is 0 Å². The van der Waals surface area contributed by atoms with Crippen molar-refractivity contribution in [3.8, 4) is 0 Å². The highest BCUT2D eigenvalue weighted by Crippen LogP contribution is 2.30. The number of hydrogen-bond donors (Lipinski definition) is 1. The van der Waals surface area contributed by atoms with Gasteiger partial charge in [0.2, 0.25) is 0 Å². The molecule has 0 saturated heterocycles. The Bertz CT molecular complexity index is 653. The van der Waals surface area contributed by atoms with E-state index in [1.807, 2.05) is 0 Å². The Balaban J connectivity index is 2.30. The first-order chi connectivity index (χ1) is 9.27. The van der Waals surface area contributed by atoms with Crippen LogP contribution in [0.5, 0.6) is 0 Å². The third-order valence-electron chi connectivity index (χ3n) is 2.33. The van der Waals surface area contributed by atoms with Crippen LogP contribution in [0.2, 0.25) is 0 Å². The summed E-state index contributed by atoms with van der Waals surface area (Å²) < 4.78 is 39.7. The summed E-state index contributed by atoms with van der Waals surface area (Å²) in [6.07, 6.45) is -2.26. The van der Waals surface area contributed by atoms with Crippen LogP contribution in [0.4, 0.5) is 18.9 Å². The van der Waals surface area contributed by atoms with Crippen molar-refractivity contribution in [3.63, 3.8) is 0 Å². The SMILES string of the molecule is Cn1cc(C(=O)Nc2ccnc(Br)c2)c(C(F)(F)F)n1. The molecular formula is C11H8BrF3N4O. The summed E-state index contributed by atoms with van der Waals surface area (Å²) >= 11 is 3.10. The minimum atomic E-state index is -4.69. The van der Waals surface area contributed by atoms with Crippen molar-refractivity contribution < 1.29 is 18.0 Å². The standard InChI is InChI=1S/C11H8BrF3N4O/c1-19-5-7(9(18-19)11(13,14)15)10(20)17-6-2-3-16-8(12)4-6/h2-5H,1H3,(H,16,17,20). The Hall–Kier alpha value is -1.90. The van der Waals surface area contributed by atoms with Crippen molar-refractivity contribution in [1.82, 2.24) is 14.8 Å². The summed E-state index contributed by atoms with van der Waals surface area (Å²) in [5.74, 6) is -0.886. The van der Waals surface area contributed by atoms with E-state index in [9.17, 15) is 18.0 Å². The van der Waals surface area contributed by atoms with Gasteiger partial charge >= 0.3 is 6.18 Å². The minimum absolute atomic E-state index is 0.328. The van der Waals surface area contributed by atoms with Gasteiger partial charge in [-0.2, -0.15) is 18.3 Å². The highest BCUT2D eigenvalue weighted by molar-refractivity contribution is 9.10. The van der Waals surface area contributed by atoms with Gasteiger partial charge in [-0.05, 0) is 28.1 Å². The van der Waals surface area contributed by atoms with Gasteiger partial charge in [0, 0.05) is 25.1 Å². The lowest BCUT2D eigenvalue weighted by atomic mass is 10.2. The molecule has 5 nitrogen and oxygen atoms in total. The molecular weight excluding hydrogens is 341 g/mol. The Kier molecular flexibility index (Phi) is 3.80. The average molecular weight is 349 g/mol. The fourth-order valence-electron chi connectivity index (χ4n) is 1.54. The maximum atomic E-state index is 12.8. The van der Waals surface area contributed by atoms with E-state index in [2.05, 4.69) is 31.3 Å². The van der Waals surface area contributed by atoms with E-state index < -0.39 is 23.3 Å². The highest BCUT2D eigenvalue weighted by atomic mass is 79.9. The molecule has 2 heterocycles. The summed E-state index contributed by atoms with van der Waals surface area (Å²) in [6.45, 7) is 0. The molecule has 0 spiro atoms. The van der Waals surface area contributed by atoms with Gasteiger partial charge in [0.15, 0.2) is 5.69 Å². The first-order valence-corrected chi connectivity index (χ1v) is 6.10. The quantitative estimate of drug-likeness (QED) is 0.849. The lowest BCUT2D eigenvalue weighted by Gasteiger charge is -2.07. The maximum absolute atomic E-state index is 12.8. The number of hydrogen-bond acceptors (Lipinski definition) is 3. The number of alkyl halides is 3. The van der Waals surface area contributed by atoms with E-state index in [1.165, 1.54) is 25.4 Å². The minimum Gasteiger partial charge on any atom is -0.322 e. The number of halogens is 4. The molecule has 0 aromatic carbocycles. The lowest BCUT2D eigenvalue weighted by molar-refractivity contribution is -0.141. The molecule has 0 unspecified atom stereocenters. The Morgan fingerprint density at radius 3 is 2.75 bits per heavy atom. The van der Waals surface area contributed by atoms with Crippen molar-refractivity contribution >= 4 is 27.5 Å². The summed E-state index contributed by atoms with van der Waals surface area (Å²) in [4.78, 5) is 15.8. The lowest BCUT2D eigenvalue weighted by Crippen LogP contribution is -2.17. The van der Waals surface area contributed by atoms with Crippen LogP contribution in [0.3, 0.4) is 0 Å².